The number of rotatable bonds is 7. The van der Waals surface area contributed by atoms with Gasteiger partial charge in [-0.25, -0.2) is 0 Å². The molecule has 1 aliphatic heterocycles. The predicted molar refractivity (Wildman–Crippen MR) is 101 cm³/mol. The molecule has 0 aromatic heterocycles. The summed E-state index contributed by atoms with van der Waals surface area (Å²) in [5.41, 5.74) is 1.38. The van der Waals surface area contributed by atoms with Crippen molar-refractivity contribution in [2.45, 2.75) is 38.8 Å². The van der Waals surface area contributed by atoms with E-state index in [4.69, 9.17) is 9.73 Å². The predicted octanol–water partition coefficient (Wildman–Crippen LogP) is 1.89. The van der Waals surface area contributed by atoms with E-state index in [1.165, 1.54) is 5.56 Å². The van der Waals surface area contributed by atoms with Crippen LogP contribution in [0.5, 0.6) is 0 Å². The zero-order valence-corrected chi connectivity index (χ0v) is 15.3. The van der Waals surface area contributed by atoms with Crippen LogP contribution in [0.4, 0.5) is 0 Å². The Morgan fingerprint density at radius 3 is 2.88 bits per heavy atom. The van der Waals surface area contributed by atoms with Crippen LogP contribution in [0.3, 0.4) is 0 Å². The monoisotopic (exact) mass is 332 g/mol. The third kappa shape index (κ3) is 6.89. The van der Waals surface area contributed by atoms with Crippen LogP contribution in [0.1, 0.15) is 25.8 Å². The highest BCUT2D eigenvalue weighted by molar-refractivity contribution is 5.80. The van der Waals surface area contributed by atoms with E-state index in [9.17, 15) is 0 Å². The van der Waals surface area contributed by atoms with Crippen LogP contribution >= 0.6 is 0 Å². The number of likely N-dealkylation sites (N-methyl/N-ethyl adjacent to an activating group) is 1. The van der Waals surface area contributed by atoms with Gasteiger partial charge in [0.1, 0.15) is 0 Å². The van der Waals surface area contributed by atoms with Gasteiger partial charge in [-0.1, -0.05) is 30.3 Å². The van der Waals surface area contributed by atoms with Gasteiger partial charge in [-0.2, -0.15) is 0 Å². The average Bonchev–Trinajstić information content (AvgIpc) is 2.59. The summed E-state index contributed by atoms with van der Waals surface area (Å²) in [4.78, 5) is 7.01. The van der Waals surface area contributed by atoms with Crippen molar-refractivity contribution in [1.82, 2.24) is 15.5 Å². The molecule has 1 fully saturated rings. The lowest BCUT2D eigenvalue weighted by molar-refractivity contribution is -0.0136. The molecule has 0 saturated carbocycles. The smallest absolute Gasteiger partial charge is 0.191 e. The molecule has 5 nitrogen and oxygen atoms in total. The summed E-state index contributed by atoms with van der Waals surface area (Å²) in [7, 11) is 2.13. The Kier molecular flexibility index (Phi) is 8.05. The van der Waals surface area contributed by atoms with Crippen molar-refractivity contribution in [3.05, 3.63) is 35.9 Å². The molecular formula is C19H32N4O. The van der Waals surface area contributed by atoms with Crippen LogP contribution in [0.15, 0.2) is 35.3 Å². The van der Waals surface area contributed by atoms with Crippen LogP contribution in [0, 0.1) is 0 Å². The van der Waals surface area contributed by atoms with Gasteiger partial charge in [0.25, 0.3) is 0 Å². The molecule has 0 aliphatic carbocycles. The summed E-state index contributed by atoms with van der Waals surface area (Å²) in [6, 6.07) is 11.0. The molecule has 0 bridgehead atoms. The lowest BCUT2D eigenvalue weighted by atomic mass is 10.1. The van der Waals surface area contributed by atoms with Gasteiger partial charge in [0.15, 0.2) is 5.96 Å². The van der Waals surface area contributed by atoms with Crippen molar-refractivity contribution in [3.8, 4) is 0 Å². The molecule has 1 aliphatic rings. The lowest BCUT2D eigenvalue weighted by Gasteiger charge is -2.29. The fourth-order valence-corrected chi connectivity index (χ4v) is 2.82. The first-order chi connectivity index (χ1) is 11.7. The first-order valence-corrected chi connectivity index (χ1v) is 9.06. The highest BCUT2D eigenvalue weighted by Crippen LogP contribution is 2.05. The van der Waals surface area contributed by atoms with Crippen LogP contribution in [-0.2, 0) is 11.2 Å². The number of ether oxygens (including phenoxy) is 1. The maximum Gasteiger partial charge on any atom is 0.191 e. The Morgan fingerprint density at radius 2 is 2.17 bits per heavy atom. The van der Waals surface area contributed by atoms with Crippen molar-refractivity contribution in [1.29, 1.82) is 0 Å². The number of guanidine groups is 1. The quantitative estimate of drug-likeness (QED) is 0.591. The molecule has 0 amide bonds. The average molecular weight is 332 g/mol. The van der Waals surface area contributed by atoms with Gasteiger partial charge >= 0.3 is 0 Å². The zero-order chi connectivity index (χ0) is 17.2. The van der Waals surface area contributed by atoms with E-state index in [-0.39, 0.29) is 6.10 Å². The maximum absolute atomic E-state index is 5.78. The molecule has 2 N–H and O–H groups in total. The zero-order valence-electron chi connectivity index (χ0n) is 15.3. The van der Waals surface area contributed by atoms with Gasteiger partial charge in [0.2, 0.25) is 0 Å². The highest BCUT2D eigenvalue weighted by Gasteiger charge is 2.17. The summed E-state index contributed by atoms with van der Waals surface area (Å²) >= 11 is 0. The first kappa shape index (κ1) is 18.7. The molecule has 1 aromatic carbocycles. The Hall–Kier alpha value is -1.59. The number of hydrogen-bond donors (Lipinski definition) is 2. The number of nitrogens with zero attached hydrogens (tertiary/aromatic N) is 2. The summed E-state index contributed by atoms with van der Waals surface area (Å²) in [5.74, 6) is 0.884. The molecule has 2 atom stereocenters. The van der Waals surface area contributed by atoms with Crippen molar-refractivity contribution in [2.75, 3.05) is 39.8 Å². The molecule has 2 rings (SSSR count). The Bertz CT molecular complexity index is 491. The van der Waals surface area contributed by atoms with E-state index in [0.29, 0.717) is 12.6 Å². The van der Waals surface area contributed by atoms with E-state index in [1.54, 1.807) is 0 Å². The number of morpholine rings is 1. The number of benzene rings is 1. The van der Waals surface area contributed by atoms with Crippen LogP contribution in [0.2, 0.25) is 0 Å². The minimum atomic E-state index is 0.193. The third-order valence-electron chi connectivity index (χ3n) is 4.23. The van der Waals surface area contributed by atoms with Gasteiger partial charge in [-0.15, -0.1) is 0 Å². The molecule has 134 valence electrons. The highest BCUT2D eigenvalue weighted by atomic mass is 16.5. The van der Waals surface area contributed by atoms with Gasteiger partial charge in [-0.05, 0) is 39.3 Å². The van der Waals surface area contributed by atoms with Crippen molar-refractivity contribution in [2.24, 2.45) is 4.99 Å². The Morgan fingerprint density at radius 1 is 1.38 bits per heavy atom. The van der Waals surface area contributed by atoms with Crippen molar-refractivity contribution in [3.63, 3.8) is 0 Å². The first-order valence-electron chi connectivity index (χ1n) is 9.06. The minimum Gasteiger partial charge on any atom is -0.374 e. The van der Waals surface area contributed by atoms with Crippen molar-refractivity contribution >= 4 is 5.96 Å². The molecule has 1 saturated heterocycles. The fraction of sp³-hybridized carbons (Fsp3) is 0.632. The fourth-order valence-electron chi connectivity index (χ4n) is 2.82. The largest absolute Gasteiger partial charge is 0.374 e. The van der Waals surface area contributed by atoms with Crippen LogP contribution < -0.4 is 10.6 Å². The summed E-state index contributed by atoms with van der Waals surface area (Å²) in [5, 5.41) is 6.84. The second kappa shape index (κ2) is 10.3. The van der Waals surface area contributed by atoms with E-state index < -0.39 is 0 Å². The van der Waals surface area contributed by atoms with E-state index in [0.717, 1.165) is 45.0 Å². The summed E-state index contributed by atoms with van der Waals surface area (Å²) < 4.78 is 5.78. The minimum absolute atomic E-state index is 0.193. The molecule has 24 heavy (non-hydrogen) atoms. The topological polar surface area (TPSA) is 48.9 Å². The van der Waals surface area contributed by atoms with E-state index in [2.05, 4.69) is 66.8 Å². The third-order valence-corrected chi connectivity index (χ3v) is 4.23. The Labute approximate surface area is 146 Å². The number of nitrogens with one attached hydrogen (secondary N) is 2. The SMILES string of the molecule is CCNC(=NCC1CN(C)CCO1)NC(C)CCc1ccccc1. The standard InChI is InChI=1S/C19H32N4O/c1-4-20-19(21-14-18-15-23(3)12-13-24-18)22-16(2)10-11-17-8-6-5-7-9-17/h5-9,16,18H,4,10-15H2,1-3H3,(H2,20,21,22). The second-order valence-electron chi connectivity index (χ2n) is 6.54. The Balaban J connectivity index is 1.79. The van der Waals surface area contributed by atoms with Gasteiger partial charge in [0, 0.05) is 25.7 Å². The molecule has 2 unspecified atom stereocenters. The molecule has 5 heteroatoms. The van der Waals surface area contributed by atoms with Crippen LogP contribution in [-0.4, -0.2) is 62.8 Å². The molecule has 1 aromatic rings. The van der Waals surface area contributed by atoms with Gasteiger partial charge in [-0.3, -0.25) is 4.99 Å². The number of hydrogen-bond acceptors (Lipinski definition) is 3. The lowest BCUT2D eigenvalue weighted by Crippen LogP contribution is -2.45. The molecule has 1 heterocycles. The second-order valence-corrected chi connectivity index (χ2v) is 6.54. The van der Waals surface area contributed by atoms with Gasteiger partial charge in [0.05, 0.1) is 19.3 Å². The van der Waals surface area contributed by atoms with E-state index >= 15 is 0 Å². The molecule has 0 radical (unpaired) electrons. The van der Waals surface area contributed by atoms with Crippen LogP contribution in [0.25, 0.3) is 0 Å². The van der Waals surface area contributed by atoms with Crippen molar-refractivity contribution < 1.29 is 4.74 Å². The summed E-state index contributed by atoms with van der Waals surface area (Å²) in [6.45, 7) is 8.63. The normalized spacial score (nSPS) is 20.6. The maximum atomic E-state index is 5.78. The molecular weight excluding hydrogens is 300 g/mol. The summed E-state index contributed by atoms with van der Waals surface area (Å²) in [6.07, 6.45) is 2.35. The number of aliphatic imine (C=N–C) groups is 1. The molecule has 0 spiro atoms. The van der Waals surface area contributed by atoms with Gasteiger partial charge < -0.3 is 20.3 Å². The number of aryl methyl sites for hydroxylation is 1. The van der Waals surface area contributed by atoms with E-state index in [1.807, 2.05) is 0 Å².